The molecule has 3 N–H and O–H groups in total. The maximum Gasteiger partial charge on any atom is 0.151 e. The topological polar surface area (TPSA) is 121 Å². The summed E-state index contributed by atoms with van der Waals surface area (Å²) >= 11 is 0. The van der Waals surface area contributed by atoms with Gasteiger partial charge in [-0.2, -0.15) is 5.10 Å². The third-order valence-corrected chi connectivity index (χ3v) is 18.2. The van der Waals surface area contributed by atoms with Gasteiger partial charge < -0.3 is 19.1 Å². The van der Waals surface area contributed by atoms with Gasteiger partial charge in [0.2, 0.25) is 0 Å². The van der Waals surface area contributed by atoms with Gasteiger partial charge in [0.25, 0.3) is 0 Å². The number of hydrogen-bond donors (Lipinski definition) is 3. The molecule has 0 aliphatic rings. The first-order valence-electron chi connectivity index (χ1n) is 44.9. The average Bonchev–Trinajstić information content (AvgIpc) is 1.59. The molecule has 0 saturated heterocycles. The fourth-order valence-electron chi connectivity index (χ4n) is 12.3. The Kier molecular flexibility index (Phi) is 42.9. The number of hydrogen-bond acceptors (Lipinski definition) is 6. The van der Waals surface area contributed by atoms with Crippen molar-refractivity contribution in [1.29, 1.82) is 0 Å². The maximum atomic E-state index is 5.82. The molecular weight excluding hydrogens is 1430 g/mol. The molecule has 0 atom stereocenters. The van der Waals surface area contributed by atoms with Gasteiger partial charge in [-0.3, -0.25) is 5.10 Å². The summed E-state index contributed by atoms with van der Waals surface area (Å²) < 4.78 is 11.4. The van der Waals surface area contributed by atoms with Crippen molar-refractivity contribution in [3.8, 4) is 0 Å². The molecule has 7 aromatic rings. The SMILES string of the molecule is CC(C)(C)CCCOCCC(C)(C)C.CC(C)(C)Cc1ccc(C(C)(C)C)cc1.CC(C)(C)Cc1ccc(C(C)(C)C)o1.CC(C)(C)Cc1cccc(C(C)(C)C)c1.CC(C)(C)Cc1cnc(CC(C)(C)C)[nH]1.CC(C)(C)Cc1cnc(CC(C)(C)C)[nH]1.CC(C)(C)Cc1n[nH]c(CC(C)(C)C)n1.CC(C)(C)c1ccc(C(C)(C)C)cc1. The van der Waals surface area contributed by atoms with E-state index in [0.29, 0.717) is 48.7 Å². The Morgan fingerprint density at radius 1 is 0.291 bits per heavy atom. The lowest BCUT2D eigenvalue weighted by molar-refractivity contribution is 0.0994. The van der Waals surface area contributed by atoms with Crippen LogP contribution in [-0.2, 0) is 89.6 Å². The summed E-state index contributed by atoms with van der Waals surface area (Å²) in [6, 6.07) is 31.3. The van der Waals surface area contributed by atoms with E-state index in [1.54, 1.807) is 0 Å². The van der Waals surface area contributed by atoms with Gasteiger partial charge in [-0.15, -0.1) is 0 Å². The Labute approximate surface area is 726 Å². The summed E-state index contributed by atoms with van der Waals surface area (Å²) in [6.07, 6.45) is 16.9. The quantitative estimate of drug-likeness (QED) is 0.0933. The summed E-state index contributed by atoms with van der Waals surface area (Å²) in [5, 5.41) is 7.27. The number of imidazole rings is 2. The van der Waals surface area contributed by atoms with E-state index >= 15 is 0 Å². The second-order valence-corrected chi connectivity index (χ2v) is 52.6. The zero-order valence-electron chi connectivity index (χ0n) is 86.2. The number of furan rings is 1. The van der Waals surface area contributed by atoms with Crippen molar-refractivity contribution in [2.75, 3.05) is 13.2 Å². The zero-order valence-corrected chi connectivity index (χ0v) is 86.2. The molecule has 0 aliphatic heterocycles. The van der Waals surface area contributed by atoms with Gasteiger partial charge >= 0.3 is 0 Å². The Hall–Kier alpha value is -5.54. The van der Waals surface area contributed by atoms with Gasteiger partial charge in [-0.05, 0) is 172 Å². The lowest BCUT2D eigenvalue weighted by atomic mass is 9.82. The number of H-pyrrole nitrogens is 3. The molecule has 4 aromatic heterocycles. The molecule has 0 saturated carbocycles. The minimum atomic E-state index is 0.121. The van der Waals surface area contributed by atoms with E-state index in [0.717, 1.165) is 112 Å². The van der Waals surface area contributed by atoms with E-state index in [1.165, 1.54) is 57.6 Å². The monoisotopic (exact) mass is 1620 g/mol. The third-order valence-electron chi connectivity index (χ3n) is 18.2. The molecular formula is C108H191N7O2. The first-order chi connectivity index (χ1) is 51.9. The highest BCUT2D eigenvalue weighted by atomic mass is 16.5. The van der Waals surface area contributed by atoms with Crippen LogP contribution >= 0.6 is 0 Å². The van der Waals surface area contributed by atoms with E-state index in [9.17, 15) is 0 Å². The number of benzene rings is 3. The molecule has 7 rings (SSSR count). The Morgan fingerprint density at radius 2 is 0.632 bits per heavy atom. The molecule has 0 radical (unpaired) electrons. The zero-order chi connectivity index (χ0) is 91.7. The van der Waals surface area contributed by atoms with Crippen LogP contribution in [0.5, 0.6) is 0 Å². The van der Waals surface area contributed by atoms with Crippen LogP contribution in [0, 0.1) is 59.6 Å². The summed E-state index contributed by atoms with van der Waals surface area (Å²) in [4.78, 5) is 20.2. The predicted molar refractivity (Wildman–Crippen MR) is 517 cm³/mol. The van der Waals surface area contributed by atoms with Crippen LogP contribution in [0.15, 0.2) is 102 Å². The van der Waals surface area contributed by atoms with Gasteiger partial charge in [-0.25, -0.2) is 15.0 Å². The van der Waals surface area contributed by atoms with Crippen molar-refractivity contribution in [3.05, 3.63) is 177 Å². The van der Waals surface area contributed by atoms with Crippen LogP contribution < -0.4 is 0 Å². The van der Waals surface area contributed by atoms with E-state index in [2.05, 4.69) is 452 Å². The maximum absolute atomic E-state index is 5.82. The van der Waals surface area contributed by atoms with Crippen molar-refractivity contribution >= 4 is 0 Å². The fourth-order valence-corrected chi connectivity index (χ4v) is 12.3. The van der Waals surface area contributed by atoms with E-state index in [-0.39, 0.29) is 37.9 Å². The van der Waals surface area contributed by atoms with Crippen LogP contribution in [0.1, 0.15) is 431 Å². The minimum Gasteiger partial charge on any atom is -0.466 e. The molecule has 0 amide bonds. The van der Waals surface area contributed by atoms with Crippen molar-refractivity contribution in [3.63, 3.8) is 0 Å². The molecule has 0 unspecified atom stereocenters. The Morgan fingerprint density at radius 3 is 0.957 bits per heavy atom. The number of aromatic nitrogens is 7. The van der Waals surface area contributed by atoms with Crippen LogP contribution in [0.25, 0.3) is 0 Å². The number of nitrogens with one attached hydrogen (secondary N) is 3. The molecule has 0 aliphatic carbocycles. The first-order valence-corrected chi connectivity index (χ1v) is 44.9. The van der Waals surface area contributed by atoms with Crippen LogP contribution in [-0.4, -0.2) is 48.3 Å². The number of aromatic amines is 3. The van der Waals surface area contributed by atoms with Crippen LogP contribution in [0.4, 0.5) is 0 Å². The van der Waals surface area contributed by atoms with E-state index in [4.69, 9.17) is 9.15 Å². The molecule has 670 valence electrons. The molecule has 3 aromatic carbocycles. The first kappa shape index (κ1) is 111. The standard InChI is InChI=1S/2C15H24.C14H22.2C13H24N2.C13H22O.C13H28O.C12H23N3/c1-14(2,3)11-12-7-9-13(10-8-12)15(4,5)6;1-14(2,3)11-12-8-7-9-13(10-12)15(4,5)6;1-13(2,3)11-7-9-12(10-8-11)14(4,5)6;2*1-12(2,3)7-10-9-14-11(15-10)8-13(4,5)6;1-12(2,3)9-10-7-8-11(14-10)13(4,5)6;1-12(2,3)8-7-10-14-11-9-13(4,5)6;1-11(2,3)7-9-13-10(15-14-9)8-12(4,5)6/h2*7-10H,11H2,1-6H3;7-10H,1-6H3;2*9H,7-8H2,1-6H3,(H,14,15);7-8H,9H2,1-6H3;7-11H2,1-6H3;7-8H2,1-6H3,(H,13,14,15). The second-order valence-electron chi connectivity index (χ2n) is 52.6. The molecule has 9 nitrogen and oxygen atoms in total. The Balaban J connectivity index is 0.00000131. The third kappa shape index (κ3) is 60.6. The highest BCUT2D eigenvalue weighted by molar-refractivity contribution is 5.32. The summed E-state index contributed by atoms with van der Waals surface area (Å²) in [5.41, 5.74) is 15.9. The lowest BCUT2D eigenvalue weighted by Crippen LogP contribution is -2.14. The number of rotatable bonds is 14. The number of nitrogens with zero attached hydrogens (tertiary/aromatic N) is 4. The highest BCUT2D eigenvalue weighted by Gasteiger charge is 2.25. The van der Waals surface area contributed by atoms with Gasteiger partial charge in [-0.1, -0.05) is 405 Å². The smallest absolute Gasteiger partial charge is 0.151 e. The van der Waals surface area contributed by atoms with Gasteiger partial charge in [0.05, 0.1) is 0 Å². The largest absolute Gasteiger partial charge is 0.466 e. The van der Waals surface area contributed by atoms with Gasteiger partial charge in [0.1, 0.15) is 29.0 Å². The summed E-state index contributed by atoms with van der Waals surface area (Å²) in [6.45, 7) is 110. The molecule has 117 heavy (non-hydrogen) atoms. The molecule has 0 bridgehead atoms. The van der Waals surface area contributed by atoms with E-state index in [1.807, 2.05) is 12.4 Å². The highest BCUT2D eigenvalue weighted by Crippen LogP contribution is 2.33. The second kappa shape index (κ2) is 45.0. The predicted octanol–water partition coefficient (Wildman–Crippen LogP) is 32.0. The Bertz CT molecular complexity index is 3500. The van der Waals surface area contributed by atoms with Crippen LogP contribution in [0.2, 0.25) is 0 Å². The lowest BCUT2D eigenvalue weighted by Gasteiger charge is -2.23. The van der Waals surface area contributed by atoms with Crippen molar-refractivity contribution < 1.29 is 9.15 Å². The van der Waals surface area contributed by atoms with Crippen LogP contribution in [0.3, 0.4) is 0 Å². The normalized spacial score (nSPS) is 13.1. The fraction of sp³-hybridized carbons (Fsp3) is 0.722. The van der Waals surface area contributed by atoms with Crippen molar-refractivity contribution in [2.45, 2.75) is 436 Å². The molecule has 4 heterocycles. The van der Waals surface area contributed by atoms with E-state index < -0.39 is 0 Å². The van der Waals surface area contributed by atoms with Crippen molar-refractivity contribution in [1.82, 2.24) is 35.1 Å². The molecule has 9 heteroatoms. The number of ether oxygens (including phenoxy) is 1. The van der Waals surface area contributed by atoms with Gasteiger partial charge in [0.15, 0.2) is 5.82 Å². The summed E-state index contributed by atoms with van der Waals surface area (Å²) in [7, 11) is 0. The van der Waals surface area contributed by atoms with Crippen molar-refractivity contribution in [2.24, 2.45) is 59.6 Å². The molecule has 0 spiro atoms. The van der Waals surface area contributed by atoms with Gasteiger partial charge in [0, 0.05) is 74.5 Å². The molecule has 0 fully saturated rings. The summed E-state index contributed by atoms with van der Waals surface area (Å²) in [5.74, 6) is 6.34. The average molecular weight is 1620 g/mol. The minimum absolute atomic E-state index is 0.121.